The van der Waals surface area contributed by atoms with Crippen molar-refractivity contribution in [2.45, 2.75) is 6.61 Å². The van der Waals surface area contributed by atoms with Gasteiger partial charge >= 0.3 is 0 Å². The van der Waals surface area contributed by atoms with Gasteiger partial charge in [0.2, 0.25) is 0 Å². The minimum absolute atomic E-state index is 0.404. The summed E-state index contributed by atoms with van der Waals surface area (Å²) >= 11 is 9.25. The number of nitrogens with zero attached hydrogens (tertiary/aromatic N) is 1. The summed E-state index contributed by atoms with van der Waals surface area (Å²) in [6, 6.07) is 9.26. The number of pyridine rings is 1. The van der Waals surface area contributed by atoms with E-state index in [2.05, 4.69) is 20.9 Å². The second-order valence-corrected chi connectivity index (χ2v) is 4.79. The molecule has 94 valence electrons. The van der Waals surface area contributed by atoms with Crippen LogP contribution in [-0.4, -0.2) is 12.1 Å². The van der Waals surface area contributed by atoms with E-state index in [0.717, 1.165) is 10.0 Å². The van der Waals surface area contributed by atoms with Crippen LogP contribution in [0.3, 0.4) is 0 Å². The van der Waals surface area contributed by atoms with Crippen molar-refractivity contribution in [3.8, 4) is 11.5 Å². The lowest BCUT2D eigenvalue weighted by Gasteiger charge is -2.12. The van der Waals surface area contributed by atoms with Crippen LogP contribution in [0.1, 0.15) is 5.56 Å². The Labute approximate surface area is 119 Å². The van der Waals surface area contributed by atoms with Gasteiger partial charge in [-0.1, -0.05) is 17.7 Å². The largest absolute Gasteiger partial charge is 0.493 e. The van der Waals surface area contributed by atoms with Crippen molar-refractivity contribution in [1.82, 2.24) is 4.98 Å². The van der Waals surface area contributed by atoms with Crippen LogP contribution < -0.4 is 9.47 Å². The number of hydrogen-bond acceptors (Lipinski definition) is 3. The minimum Gasteiger partial charge on any atom is -0.493 e. The molecule has 0 unspecified atom stereocenters. The molecule has 0 amide bonds. The van der Waals surface area contributed by atoms with Crippen LogP contribution in [0.5, 0.6) is 11.5 Å². The fourth-order valence-electron chi connectivity index (χ4n) is 1.48. The van der Waals surface area contributed by atoms with E-state index in [9.17, 15) is 0 Å². The quantitative estimate of drug-likeness (QED) is 0.792. The Bertz CT molecular complexity index is 548. The third-order valence-corrected chi connectivity index (χ3v) is 3.16. The Hall–Kier alpha value is -1.26. The van der Waals surface area contributed by atoms with Gasteiger partial charge < -0.3 is 9.47 Å². The van der Waals surface area contributed by atoms with E-state index in [0.29, 0.717) is 23.3 Å². The summed E-state index contributed by atoms with van der Waals surface area (Å²) < 4.78 is 11.8. The highest BCUT2D eigenvalue weighted by Gasteiger charge is 2.08. The molecule has 3 nitrogen and oxygen atoms in total. The molecule has 0 bridgehead atoms. The predicted octanol–water partition coefficient (Wildman–Crippen LogP) is 4.09. The van der Waals surface area contributed by atoms with Gasteiger partial charge in [-0.25, -0.2) is 4.98 Å². The molecule has 18 heavy (non-hydrogen) atoms. The lowest BCUT2D eigenvalue weighted by atomic mass is 10.3. The average molecular weight is 329 g/mol. The molecule has 0 atom stereocenters. The first-order valence-corrected chi connectivity index (χ1v) is 6.43. The van der Waals surface area contributed by atoms with Crippen molar-refractivity contribution >= 4 is 27.5 Å². The summed E-state index contributed by atoms with van der Waals surface area (Å²) in [5.41, 5.74) is 0.952. The van der Waals surface area contributed by atoms with Gasteiger partial charge in [0.1, 0.15) is 11.8 Å². The maximum absolute atomic E-state index is 5.82. The van der Waals surface area contributed by atoms with Crippen LogP contribution >= 0.6 is 27.5 Å². The highest BCUT2D eigenvalue weighted by atomic mass is 79.9. The molecule has 0 aliphatic rings. The van der Waals surface area contributed by atoms with Crippen LogP contribution in [0, 0.1) is 0 Å². The smallest absolute Gasteiger partial charge is 0.175 e. The van der Waals surface area contributed by atoms with Gasteiger partial charge in [-0.3, -0.25) is 0 Å². The summed E-state index contributed by atoms with van der Waals surface area (Å²) in [7, 11) is 1.61. The molecule has 0 aliphatic heterocycles. The van der Waals surface area contributed by atoms with Crippen LogP contribution in [0.25, 0.3) is 0 Å². The zero-order valence-electron chi connectivity index (χ0n) is 9.69. The molecule has 0 spiro atoms. The standard InChI is InChI=1S/C13H11BrClNO2/c1-17-11-4-2-3-10(14)13(11)18-8-9-5-6-16-12(15)7-9/h2-7H,8H2,1H3. The molecule has 2 aromatic rings. The number of rotatable bonds is 4. The fraction of sp³-hybridized carbons (Fsp3) is 0.154. The summed E-state index contributed by atoms with van der Waals surface area (Å²) in [5, 5.41) is 0.454. The molecule has 5 heteroatoms. The first kappa shape index (κ1) is 13.2. The lowest BCUT2D eigenvalue weighted by Crippen LogP contribution is -1.98. The van der Waals surface area contributed by atoms with Gasteiger partial charge in [-0.05, 0) is 45.8 Å². The second kappa shape index (κ2) is 6.07. The van der Waals surface area contributed by atoms with Crippen LogP contribution in [-0.2, 0) is 6.61 Å². The minimum atomic E-state index is 0.404. The van der Waals surface area contributed by atoms with Crippen molar-refractivity contribution in [3.63, 3.8) is 0 Å². The summed E-state index contributed by atoms with van der Waals surface area (Å²) in [6.07, 6.45) is 1.65. The molecule has 0 saturated heterocycles. The summed E-state index contributed by atoms with van der Waals surface area (Å²) in [6.45, 7) is 0.404. The molecule has 2 rings (SSSR count). The van der Waals surface area contributed by atoms with Gasteiger partial charge in [-0.15, -0.1) is 0 Å². The lowest BCUT2D eigenvalue weighted by molar-refractivity contribution is 0.282. The van der Waals surface area contributed by atoms with E-state index >= 15 is 0 Å². The highest BCUT2D eigenvalue weighted by molar-refractivity contribution is 9.10. The van der Waals surface area contributed by atoms with E-state index in [1.165, 1.54) is 0 Å². The molecular formula is C13H11BrClNO2. The number of benzene rings is 1. The number of para-hydroxylation sites is 1. The van der Waals surface area contributed by atoms with Crippen molar-refractivity contribution < 1.29 is 9.47 Å². The topological polar surface area (TPSA) is 31.4 Å². The number of methoxy groups -OCH3 is 1. The third kappa shape index (κ3) is 3.15. The second-order valence-electron chi connectivity index (χ2n) is 3.55. The monoisotopic (exact) mass is 327 g/mol. The fourth-order valence-corrected chi connectivity index (χ4v) is 2.14. The highest BCUT2D eigenvalue weighted by Crippen LogP contribution is 2.35. The number of aromatic nitrogens is 1. The first-order chi connectivity index (χ1) is 8.70. The normalized spacial score (nSPS) is 10.2. The molecule has 0 N–H and O–H groups in total. The summed E-state index contributed by atoms with van der Waals surface area (Å²) in [4.78, 5) is 3.92. The number of halogens is 2. The molecule has 0 saturated carbocycles. The zero-order chi connectivity index (χ0) is 13.0. The van der Waals surface area contributed by atoms with Crippen molar-refractivity contribution in [2.24, 2.45) is 0 Å². The Morgan fingerprint density at radius 1 is 1.33 bits per heavy atom. The molecule has 1 aromatic heterocycles. The van der Waals surface area contributed by atoms with Crippen molar-refractivity contribution in [3.05, 3.63) is 51.7 Å². The molecule has 1 heterocycles. The van der Waals surface area contributed by atoms with Crippen molar-refractivity contribution in [1.29, 1.82) is 0 Å². The zero-order valence-corrected chi connectivity index (χ0v) is 12.0. The van der Waals surface area contributed by atoms with Gasteiger partial charge in [0.05, 0.1) is 11.6 Å². The maximum Gasteiger partial charge on any atom is 0.175 e. The van der Waals surface area contributed by atoms with E-state index in [1.54, 1.807) is 19.4 Å². The van der Waals surface area contributed by atoms with Gasteiger partial charge in [0.15, 0.2) is 11.5 Å². The van der Waals surface area contributed by atoms with E-state index < -0.39 is 0 Å². The first-order valence-electron chi connectivity index (χ1n) is 5.26. The Morgan fingerprint density at radius 3 is 2.89 bits per heavy atom. The summed E-state index contributed by atoms with van der Waals surface area (Å²) in [5.74, 6) is 1.36. The SMILES string of the molecule is COc1cccc(Br)c1OCc1ccnc(Cl)c1. The molecule has 1 aromatic carbocycles. The number of ether oxygens (including phenoxy) is 2. The number of hydrogen-bond donors (Lipinski definition) is 0. The predicted molar refractivity (Wildman–Crippen MR) is 74.3 cm³/mol. The molecule has 0 radical (unpaired) electrons. The molecule has 0 aliphatic carbocycles. The van der Waals surface area contributed by atoms with Gasteiger partial charge in [0.25, 0.3) is 0 Å². The van der Waals surface area contributed by atoms with E-state index in [-0.39, 0.29) is 0 Å². The van der Waals surface area contributed by atoms with Crippen molar-refractivity contribution in [2.75, 3.05) is 7.11 Å². The Kier molecular flexibility index (Phi) is 4.44. The van der Waals surface area contributed by atoms with Crippen LogP contribution in [0.15, 0.2) is 41.0 Å². The molecule has 0 fully saturated rings. The van der Waals surface area contributed by atoms with E-state index in [4.69, 9.17) is 21.1 Å². The average Bonchev–Trinajstić information content (AvgIpc) is 2.37. The molecular weight excluding hydrogens is 318 g/mol. The Balaban J connectivity index is 2.15. The van der Waals surface area contributed by atoms with Crippen LogP contribution in [0.2, 0.25) is 5.15 Å². The third-order valence-electron chi connectivity index (χ3n) is 2.32. The van der Waals surface area contributed by atoms with Gasteiger partial charge in [-0.2, -0.15) is 0 Å². The van der Waals surface area contributed by atoms with Crippen LogP contribution in [0.4, 0.5) is 0 Å². The van der Waals surface area contributed by atoms with E-state index in [1.807, 2.05) is 24.3 Å². The van der Waals surface area contributed by atoms with Gasteiger partial charge in [0, 0.05) is 6.20 Å². The Morgan fingerprint density at radius 2 is 2.17 bits per heavy atom. The maximum atomic E-state index is 5.82.